The average molecular weight is 482 g/mol. The topological polar surface area (TPSA) is 109 Å². The number of ketones is 1. The highest BCUT2D eigenvalue weighted by atomic mass is 32.1. The van der Waals surface area contributed by atoms with Crippen molar-refractivity contribution >= 4 is 40.3 Å². The first kappa shape index (κ1) is 21.5. The van der Waals surface area contributed by atoms with Gasteiger partial charge < -0.3 is 19.2 Å². The molecule has 1 amide bonds. The van der Waals surface area contributed by atoms with E-state index in [9.17, 15) is 27.9 Å². The third-order valence-corrected chi connectivity index (χ3v) is 6.65. The Morgan fingerprint density at radius 2 is 1.97 bits per heavy atom. The molecule has 2 saturated heterocycles. The molecule has 3 aromatic rings. The minimum absolute atomic E-state index is 0.0113. The maximum Gasteiger partial charge on any atom is 0.573 e. The number of rotatable bonds is 4. The Labute approximate surface area is 188 Å². The first-order valence-corrected chi connectivity index (χ1v) is 10.9. The number of carbonyl (C=O) groups excluding carboxylic acids is 1. The van der Waals surface area contributed by atoms with E-state index in [-0.39, 0.29) is 47.9 Å². The summed E-state index contributed by atoms with van der Waals surface area (Å²) in [6.45, 7) is 1.72. The van der Waals surface area contributed by atoms with Crippen molar-refractivity contribution in [2.75, 3.05) is 18.0 Å². The van der Waals surface area contributed by atoms with Crippen LogP contribution in [0.2, 0.25) is 0 Å². The van der Waals surface area contributed by atoms with Gasteiger partial charge in [0.2, 0.25) is 0 Å². The first-order chi connectivity index (χ1) is 15.6. The molecule has 0 aliphatic carbocycles. The Kier molecular flexibility index (Phi) is 4.96. The summed E-state index contributed by atoms with van der Waals surface area (Å²) in [5.74, 6) is -1.36. The Hall–Kier alpha value is -3.35. The number of anilines is 1. The van der Waals surface area contributed by atoms with E-state index in [1.165, 1.54) is 28.5 Å². The molecule has 13 heteroatoms. The molecule has 1 aromatic carbocycles. The van der Waals surface area contributed by atoms with Crippen molar-refractivity contribution < 1.29 is 37.0 Å². The predicted molar refractivity (Wildman–Crippen MR) is 111 cm³/mol. The summed E-state index contributed by atoms with van der Waals surface area (Å²) < 4.78 is 49.8. The molecular formula is C20H17F3N4O5S. The van der Waals surface area contributed by atoms with Gasteiger partial charge in [-0.25, -0.2) is 9.78 Å². The number of carboxylic acid groups (broad SMARTS) is 1. The molecular weight excluding hydrogens is 465 g/mol. The number of benzene rings is 1. The summed E-state index contributed by atoms with van der Waals surface area (Å²) in [6, 6.07) is 0.769. The Balaban J connectivity index is 1.65. The SMILES string of the molecule is CC(=O)c1cc(-c2nccs2)c2oc(N3CC4CCC(C3)N4C(=O)O)nc2c1OC(F)(F)F. The Bertz CT molecular complexity index is 1230. The van der Waals surface area contributed by atoms with Gasteiger partial charge in [-0.05, 0) is 25.8 Å². The van der Waals surface area contributed by atoms with Crippen molar-refractivity contribution in [2.24, 2.45) is 0 Å². The van der Waals surface area contributed by atoms with Gasteiger partial charge in [0.05, 0.1) is 23.2 Å². The van der Waals surface area contributed by atoms with Gasteiger partial charge in [0, 0.05) is 24.7 Å². The highest BCUT2D eigenvalue weighted by Gasteiger charge is 2.44. The average Bonchev–Trinajstić information content (AvgIpc) is 3.45. The van der Waals surface area contributed by atoms with Crippen LogP contribution in [-0.2, 0) is 0 Å². The van der Waals surface area contributed by atoms with Crippen molar-refractivity contribution in [1.29, 1.82) is 0 Å². The maximum absolute atomic E-state index is 13.2. The molecule has 9 nitrogen and oxygen atoms in total. The number of thiazole rings is 1. The number of nitrogens with zero attached hydrogens (tertiary/aromatic N) is 4. The number of amides is 1. The van der Waals surface area contributed by atoms with Crippen LogP contribution in [0.25, 0.3) is 21.7 Å². The number of hydrogen-bond donors (Lipinski definition) is 1. The van der Waals surface area contributed by atoms with E-state index in [0.29, 0.717) is 23.4 Å². The molecule has 2 fully saturated rings. The van der Waals surface area contributed by atoms with Gasteiger partial charge in [-0.2, -0.15) is 4.98 Å². The lowest BCUT2D eigenvalue weighted by atomic mass is 10.0. The van der Waals surface area contributed by atoms with E-state index < -0.39 is 24.0 Å². The van der Waals surface area contributed by atoms with Crippen molar-refractivity contribution in [3.63, 3.8) is 0 Å². The predicted octanol–water partition coefficient (Wildman–Crippen LogP) is 4.38. The largest absolute Gasteiger partial charge is 0.573 e. The van der Waals surface area contributed by atoms with E-state index in [4.69, 9.17) is 4.42 Å². The first-order valence-electron chi connectivity index (χ1n) is 10.0. The number of alkyl halides is 3. The number of Topliss-reactive ketones (excluding diaryl/α,β-unsaturated/α-hetero) is 1. The summed E-state index contributed by atoms with van der Waals surface area (Å²) in [4.78, 5) is 35.4. The molecule has 0 saturated carbocycles. The summed E-state index contributed by atoms with van der Waals surface area (Å²) in [6.07, 6.45) is -3.17. The molecule has 33 heavy (non-hydrogen) atoms. The van der Waals surface area contributed by atoms with Gasteiger partial charge in [-0.15, -0.1) is 24.5 Å². The lowest BCUT2D eigenvalue weighted by Gasteiger charge is -2.38. The lowest BCUT2D eigenvalue weighted by Crippen LogP contribution is -2.55. The zero-order chi connectivity index (χ0) is 23.5. The van der Waals surface area contributed by atoms with Crippen LogP contribution in [0.1, 0.15) is 30.1 Å². The second-order valence-electron chi connectivity index (χ2n) is 7.90. The number of ether oxygens (including phenoxy) is 1. The van der Waals surface area contributed by atoms with E-state index in [0.717, 1.165) is 6.92 Å². The van der Waals surface area contributed by atoms with E-state index in [2.05, 4.69) is 14.7 Å². The number of aromatic nitrogens is 2. The fraction of sp³-hybridized carbons (Fsp3) is 0.400. The van der Waals surface area contributed by atoms with Crippen molar-refractivity contribution in [3.8, 4) is 16.3 Å². The van der Waals surface area contributed by atoms with Crippen LogP contribution in [0.3, 0.4) is 0 Å². The fourth-order valence-electron chi connectivity index (χ4n) is 4.55. The minimum atomic E-state index is -5.05. The van der Waals surface area contributed by atoms with Crippen LogP contribution in [0.15, 0.2) is 22.1 Å². The second-order valence-corrected chi connectivity index (χ2v) is 8.79. The van der Waals surface area contributed by atoms with Crippen LogP contribution in [0.5, 0.6) is 5.75 Å². The number of fused-ring (bicyclic) bond motifs is 3. The van der Waals surface area contributed by atoms with Gasteiger partial charge in [-0.1, -0.05) is 0 Å². The molecule has 2 aliphatic rings. The molecule has 0 spiro atoms. The zero-order valence-electron chi connectivity index (χ0n) is 17.1. The normalized spacial score (nSPS) is 20.5. The van der Waals surface area contributed by atoms with Gasteiger partial charge in [0.25, 0.3) is 6.01 Å². The highest BCUT2D eigenvalue weighted by Crippen LogP contribution is 2.43. The number of oxazole rings is 1. The van der Waals surface area contributed by atoms with Gasteiger partial charge in [0.15, 0.2) is 22.6 Å². The molecule has 174 valence electrons. The molecule has 0 radical (unpaired) electrons. The van der Waals surface area contributed by atoms with E-state index in [1.807, 2.05) is 0 Å². The van der Waals surface area contributed by atoms with Gasteiger partial charge >= 0.3 is 12.5 Å². The summed E-state index contributed by atoms with van der Waals surface area (Å²) in [7, 11) is 0. The summed E-state index contributed by atoms with van der Waals surface area (Å²) in [5.41, 5.74) is -0.197. The Morgan fingerprint density at radius 1 is 1.27 bits per heavy atom. The van der Waals surface area contributed by atoms with E-state index >= 15 is 0 Å². The molecule has 2 unspecified atom stereocenters. The quantitative estimate of drug-likeness (QED) is 0.546. The van der Waals surface area contributed by atoms with Crippen LogP contribution in [0, 0.1) is 0 Å². The molecule has 5 rings (SSSR count). The van der Waals surface area contributed by atoms with Crippen LogP contribution < -0.4 is 9.64 Å². The zero-order valence-corrected chi connectivity index (χ0v) is 17.9. The van der Waals surface area contributed by atoms with Crippen LogP contribution >= 0.6 is 11.3 Å². The van der Waals surface area contributed by atoms with Crippen molar-refractivity contribution in [1.82, 2.24) is 14.9 Å². The molecule has 4 heterocycles. The number of piperazine rings is 1. The number of hydrogen-bond acceptors (Lipinski definition) is 8. The minimum Gasteiger partial charge on any atom is -0.465 e. The summed E-state index contributed by atoms with van der Waals surface area (Å²) >= 11 is 1.23. The van der Waals surface area contributed by atoms with Crippen molar-refractivity contribution in [2.45, 2.75) is 38.2 Å². The van der Waals surface area contributed by atoms with Crippen LogP contribution in [0.4, 0.5) is 24.0 Å². The monoisotopic (exact) mass is 482 g/mol. The molecule has 1 N–H and O–H groups in total. The lowest BCUT2D eigenvalue weighted by molar-refractivity contribution is -0.274. The molecule has 2 aromatic heterocycles. The fourth-order valence-corrected chi connectivity index (χ4v) is 5.20. The maximum atomic E-state index is 13.2. The Morgan fingerprint density at radius 3 is 2.52 bits per heavy atom. The van der Waals surface area contributed by atoms with E-state index in [1.54, 1.807) is 10.3 Å². The highest BCUT2D eigenvalue weighted by molar-refractivity contribution is 7.13. The van der Waals surface area contributed by atoms with Gasteiger partial charge in [-0.3, -0.25) is 9.69 Å². The second kappa shape index (κ2) is 7.61. The molecule has 2 bridgehead atoms. The standard InChI is InChI=1S/C20H17F3N4O5S/c1-9(28)12-6-13(17-24-4-5-33-17)15-14(16(12)32-20(21,22)23)25-18(31-15)26-7-10-2-3-11(8-26)27(10)19(29)30/h4-6,10-11H,2-3,7-8H2,1H3,(H,29,30). The van der Waals surface area contributed by atoms with Crippen LogP contribution in [-0.4, -0.2) is 63.4 Å². The summed E-state index contributed by atoms with van der Waals surface area (Å²) in [5, 5.41) is 11.6. The van der Waals surface area contributed by atoms with Gasteiger partial charge in [0.1, 0.15) is 5.01 Å². The third kappa shape index (κ3) is 3.75. The number of carbonyl (C=O) groups is 2. The van der Waals surface area contributed by atoms with Crippen molar-refractivity contribution in [3.05, 3.63) is 23.2 Å². The molecule has 2 aliphatic heterocycles. The smallest absolute Gasteiger partial charge is 0.465 e. The molecule has 2 atom stereocenters. The number of halogens is 3. The third-order valence-electron chi connectivity index (χ3n) is 5.84.